The van der Waals surface area contributed by atoms with E-state index in [1.165, 1.54) is 23.6 Å². The molecule has 1 saturated carbocycles. The Balaban J connectivity index is 1.74. The molecule has 4 rings (SSSR count). The second-order valence-corrected chi connectivity index (χ2v) is 10.5. The van der Waals surface area contributed by atoms with Gasteiger partial charge in [0.1, 0.15) is 11.2 Å². The summed E-state index contributed by atoms with van der Waals surface area (Å²) in [5, 5.41) is 8.70. The monoisotopic (exact) mass is 400 g/mol. The van der Waals surface area contributed by atoms with E-state index in [0.29, 0.717) is 5.25 Å². The summed E-state index contributed by atoms with van der Waals surface area (Å²) in [6.45, 7) is 1.94. The van der Waals surface area contributed by atoms with Crippen LogP contribution in [0.5, 0.6) is 0 Å². The van der Waals surface area contributed by atoms with Gasteiger partial charge in [0, 0.05) is 10.8 Å². The molecule has 1 aliphatic carbocycles. The molecule has 0 radical (unpaired) electrons. The number of hydrogen-bond acceptors (Lipinski definition) is 4. The van der Waals surface area contributed by atoms with E-state index in [1.54, 1.807) is 23.9 Å². The molecule has 6 heteroatoms. The third-order valence-corrected chi connectivity index (χ3v) is 8.86. The van der Waals surface area contributed by atoms with Gasteiger partial charge in [-0.05, 0) is 37.5 Å². The molecular formula is C21H24N2O2S2. The molecule has 1 fully saturated rings. The van der Waals surface area contributed by atoms with Gasteiger partial charge in [0.25, 0.3) is 10.0 Å². The van der Waals surface area contributed by atoms with Gasteiger partial charge in [0.15, 0.2) is 0 Å². The molecule has 0 spiro atoms. The minimum absolute atomic E-state index is 0.0829. The van der Waals surface area contributed by atoms with Gasteiger partial charge in [-0.1, -0.05) is 61.2 Å². The van der Waals surface area contributed by atoms with Gasteiger partial charge in [-0.25, -0.2) is 12.7 Å². The zero-order valence-corrected chi connectivity index (χ0v) is 17.0. The lowest BCUT2D eigenvalue weighted by Crippen LogP contribution is -2.34. The fourth-order valence-electron chi connectivity index (χ4n) is 3.87. The molecule has 2 aromatic rings. The number of fused-ring (bicyclic) bond motifs is 1. The van der Waals surface area contributed by atoms with Gasteiger partial charge in [0.2, 0.25) is 0 Å². The van der Waals surface area contributed by atoms with Crippen molar-refractivity contribution in [2.45, 2.75) is 54.5 Å². The van der Waals surface area contributed by atoms with Crippen molar-refractivity contribution >= 4 is 27.6 Å². The summed E-state index contributed by atoms with van der Waals surface area (Å²) < 4.78 is 28.2. The average molecular weight is 401 g/mol. The van der Waals surface area contributed by atoms with Crippen LogP contribution in [0, 0.1) is 12.3 Å². The lowest BCUT2D eigenvalue weighted by molar-refractivity contribution is 0.501. The Morgan fingerprint density at radius 1 is 1.00 bits per heavy atom. The molecule has 1 heterocycles. The highest BCUT2D eigenvalue weighted by Gasteiger charge is 2.43. The van der Waals surface area contributed by atoms with Gasteiger partial charge < -0.3 is 0 Å². The normalized spacial score (nSPS) is 20.7. The van der Waals surface area contributed by atoms with Crippen molar-refractivity contribution in [2.24, 2.45) is 0 Å². The summed E-state index contributed by atoms with van der Waals surface area (Å²) >= 11 is 1.71. The smallest absolute Gasteiger partial charge is 0.266 e. The number of benzene rings is 2. The molecule has 0 aromatic heterocycles. The highest BCUT2D eigenvalue weighted by atomic mass is 32.2. The van der Waals surface area contributed by atoms with Crippen LogP contribution in [0.4, 0.5) is 0 Å². The highest BCUT2D eigenvalue weighted by molar-refractivity contribution is 8.01. The summed E-state index contributed by atoms with van der Waals surface area (Å²) in [5.41, 5.74) is 2.68. The number of thioether (sulfide) groups is 1. The maximum absolute atomic E-state index is 13.4. The van der Waals surface area contributed by atoms with Gasteiger partial charge in [-0.15, -0.1) is 11.8 Å². The molecule has 1 atom stereocenters. The van der Waals surface area contributed by atoms with Gasteiger partial charge in [0.05, 0.1) is 4.90 Å². The number of amidine groups is 1. The van der Waals surface area contributed by atoms with Crippen molar-refractivity contribution in [3.63, 3.8) is 0 Å². The zero-order valence-electron chi connectivity index (χ0n) is 15.4. The fourth-order valence-corrected chi connectivity index (χ4v) is 7.31. The molecule has 0 amide bonds. The van der Waals surface area contributed by atoms with E-state index in [4.69, 9.17) is 5.41 Å². The first-order valence-corrected chi connectivity index (χ1v) is 11.8. The number of nitrogens with one attached hydrogen (secondary N) is 1. The van der Waals surface area contributed by atoms with Gasteiger partial charge in [-0.3, -0.25) is 5.41 Å². The van der Waals surface area contributed by atoms with E-state index < -0.39 is 10.0 Å². The largest absolute Gasteiger partial charge is 0.283 e. The van der Waals surface area contributed by atoms with Crippen LogP contribution >= 0.6 is 11.8 Å². The molecule has 1 unspecified atom stereocenters. The third kappa shape index (κ3) is 3.41. The van der Waals surface area contributed by atoms with E-state index in [2.05, 4.69) is 0 Å². The first kappa shape index (κ1) is 18.6. The minimum atomic E-state index is -3.78. The fraction of sp³-hybridized carbons (Fsp3) is 0.381. The predicted octanol–water partition coefficient (Wildman–Crippen LogP) is 5.09. The molecule has 1 aliphatic heterocycles. The number of aryl methyl sites for hydroxylation is 1. The second-order valence-electron chi connectivity index (χ2n) is 7.30. The molecule has 4 nitrogen and oxygen atoms in total. The minimum Gasteiger partial charge on any atom is -0.283 e. The molecule has 1 N–H and O–H groups in total. The Hall–Kier alpha value is -1.79. The van der Waals surface area contributed by atoms with E-state index in [1.807, 2.05) is 43.3 Å². The Morgan fingerprint density at radius 2 is 1.67 bits per heavy atom. The van der Waals surface area contributed by atoms with E-state index in [9.17, 15) is 8.42 Å². The molecule has 0 saturated heterocycles. The van der Waals surface area contributed by atoms with Crippen molar-refractivity contribution in [3.8, 4) is 0 Å². The first-order chi connectivity index (χ1) is 13.0. The Kier molecular flexibility index (Phi) is 5.03. The topological polar surface area (TPSA) is 61.2 Å². The Bertz CT molecular complexity index is 948. The second kappa shape index (κ2) is 7.32. The number of nitrogens with zero attached hydrogens (tertiary/aromatic N) is 1. The lowest BCUT2D eigenvalue weighted by atomic mass is 10.0. The van der Waals surface area contributed by atoms with Crippen LogP contribution < -0.4 is 0 Å². The highest BCUT2D eigenvalue weighted by Crippen LogP contribution is 2.48. The van der Waals surface area contributed by atoms with Crippen LogP contribution in [-0.4, -0.2) is 23.8 Å². The molecule has 2 aliphatic rings. The molecule has 2 aromatic carbocycles. The van der Waals surface area contributed by atoms with Crippen LogP contribution in [0.2, 0.25) is 0 Å². The first-order valence-electron chi connectivity index (χ1n) is 9.43. The number of rotatable bonds is 4. The summed E-state index contributed by atoms with van der Waals surface area (Å²) in [4.78, 5) is 0.250. The maximum Gasteiger partial charge on any atom is 0.266 e. The summed E-state index contributed by atoms with van der Waals surface area (Å²) in [6, 6.07) is 14.5. The van der Waals surface area contributed by atoms with Crippen molar-refractivity contribution in [2.75, 3.05) is 0 Å². The lowest BCUT2D eigenvalue weighted by Gasteiger charge is -2.30. The van der Waals surface area contributed by atoms with E-state index in [-0.39, 0.29) is 16.1 Å². The Morgan fingerprint density at radius 3 is 2.37 bits per heavy atom. The Labute approximate surface area is 165 Å². The average Bonchev–Trinajstić information content (AvgIpc) is 2.96. The molecule has 0 bridgehead atoms. The standard InChI is InChI=1S/C21H24N2O2S2/c1-15-11-13-17(14-12-15)27(24,25)23-20(22)18-9-5-6-10-19(18)21(23)26-16-7-3-2-4-8-16/h5-6,9-14,16,21-22H,2-4,7-8H2,1H3. The van der Waals surface area contributed by atoms with E-state index in [0.717, 1.165) is 29.5 Å². The SMILES string of the molecule is Cc1ccc(S(=O)(=O)N2C(=N)c3ccccc3C2SC2CCCCC2)cc1. The molecule has 142 valence electrons. The maximum atomic E-state index is 13.4. The quantitative estimate of drug-likeness (QED) is 0.778. The van der Waals surface area contributed by atoms with Gasteiger partial charge in [-0.2, -0.15) is 0 Å². The zero-order chi connectivity index (χ0) is 19.0. The third-order valence-electron chi connectivity index (χ3n) is 5.37. The van der Waals surface area contributed by atoms with Crippen LogP contribution in [0.3, 0.4) is 0 Å². The number of sulfonamides is 1. The summed E-state index contributed by atoms with van der Waals surface area (Å²) in [6.07, 6.45) is 5.91. The molecule has 27 heavy (non-hydrogen) atoms. The van der Waals surface area contributed by atoms with Crippen molar-refractivity contribution in [1.82, 2.24) is 4.31 Å². The predicted molar refractivity (Wildman–Crippen MR) is 111 cm³/mol. The summed E-state index contributed by atoms with van der Waals surface area (Å²) in [5.74, 6) is 0.0829. The molecular weight excluding hydrogens is 376 g/mol. The van der Waals surface area contributed by atoms with Crippen molar-refractivity contribution in [3.05, 3.63) is 65.2 Å². The van der Waals surface area contributed by atoms with Crippen molar-refractivity contribution < 1.29 is 8.42 Å². The van der Waals surface area contributed by atoms with Crippen LogP contribution in [-0.2, 0) is 10.0 Å². The van der Waals surface area contributed by atoms with Crippen molar-refractivity contribution in [1.29, 1.82) is 5.41 Å². The summed E-state index contributed by atoms with van der Waals surface area (Å²) in [7, 11) is -3.78. The van der Waals surface area contributed by atoms with Crippen LogP contribution in [0.15, 0.2) is 53.4 Å². The van der Waals surface area contributed by atoms with Crippen LogP contribution in [0.25, 0.3) is 0 Å². The van der Waals surface area contributed by atoms with E-state index >= 15 is 0 Å². The van der Waals surface area contributed by atoms with Crippen LogP contribution in [0.1, 0.15) is 54.2 Å². The number of hydrogen-bond donors (Lipinski definition) is 1. The van der Waals surface area contributed by atoms with Gasteiger partial charge >= 0.3 is 0 Å².